The Morgan fingerprint density at radius 2 is 1.14 bits per heavy atom. The van der Waals surface area contributed by atoms with Crippen LogP contribution in [0.15, 0.2) is 48.5 Å². The van der Waals surface area contributed by atoms with E-state index in [9.17, 15) is 35.5 Å². The molecule has 10 heteroatoms. The summed E-state index contributed by atoms with van der Waals surface area (Å²) >= 11 is 0. The Hall–Kier alpha value is -2.78. The lowest BCUT2D eigenvalue weighted by atomic mass is 9.94. The van der Waals surface area contributed by atoms with Gasteiger partial charge < -0.3 is 9.64 Å². The average Bonchev–Trinajstić information content (AvgIpc) is 2.59. The molecule has 0 spiro atoms. The lowest BCUT2D eigenvalue weighted by molar-refractivity contribution is -0.348. The van der Waals surface area contributed by atoms with E-state index >= 15 is 0 Å². The zero-order chi connectivity index (χ0) is 21.3. The second kappa shape index (κ2) is 7.33. The van der Waals surface area contributed by atoms with Gasteiger partial charge in [0.25, 0.3) is 5.91 Å². The third kappa shape index (κ3) is 4.05. The first-order valence-corrected chi connectivity index (χ1v) is 7.70. The van der Waals surface area contributed by atoms with E-state index in [1.807, 2.05) is 0 Å². The molecule has 2 aromatic rings. The quantitative estimate of drug-likeness (QED) is 0.627. The standard InChI is InChI=1S/C18H14F7NO2/c1-26(2)15(27)11-3-7-13(8-4-11)28-14-9-5-12(6-10-14)16(19,17(20,21)22)18(23,24)25/h3-10H,1-2H3. The van der Waals surface area contributed by atoms with Gasteiger partial charge in [0.1, 0.15) is 11.5 Å². The van der Waals surface area contributed by atoms with Gasteiger partial charge in [-0.15, -0.1) is 0 Å². The number of alkyl halides is 7. The summed E-state index contributed by atoms with van der Waals surface area (Å²) in [5.74, 6) is -0.196. The van der Waals surface area contributed by atoms with E-state index in [4.69, 9.17) is 4.74 Å². The topological polar surface area (TPSA) is 29.5 Å². The molecule has 0 saturated carbocycles. The van der Waals surface area contributed by atoms with Gasteiger partial charge in [-0.1, -0.05) is 12.1 Å². The maximum absolute atomic E-state index is 14.0. The first-order chi connectivity index (χ1) is 12.8. The van der Waals surface area contributed by atoms with Gasteiger partial charge in [-0.05, 0) is 36.4 Å². The van der Waals surface area contributed by atoms with Crippen molar-refractivity contribution >= 4 is 5.91 Å². The van der Waals surface area contributed by atoms with Crippen LogP contribution in [0.1, 0.15) is 15.9 Å². The summed E-state index contributed by atoms with van der Waals surface area (Å²) in [5.41, 5.74) is -6.75. The summed E-state index contributed by atoms with van der Waals surface area (Å²) in [7, 11) is 3.11. The van der Waals surface area contributed by atoms with Crippen molar-refractivity contribution in [2.75, 3.05) is 14.1 Å². The second-order valence-corrected chi connectivity index (χ2v) is 6.00. The first kappa shape index (κ1) is 21.5. The van der Waals surface area contributed by atoms with Crippen molar-refractivity contribution in [3.8, 4) is 11.5 Å². The van der Waals surface area contributed by atoms with Crippen molar-refractivity contribution in [2.45, 2.75) is 18.0 Å². The number of halogens is 7. The predicted octanol–water partition coefficient (Wildman–Crippen LogP) is 5.47. The molecule has 0 bridgehead atoms. The lowest BCUT2D eigenvalue weighted by Gasteiger charge is -2.30. The molecule has 152 valence electrons. The molecule has 3 nitrogen and oxygen atoms in total. The highest BCUT2D eigenvalue weighted by atomic mass is 19.4. The molecule has 0 N–H and O–H groups in total. The number of amides is 1. The van der Waals surface area contributed by atoms with Crippen LogP contribution in [0.2, 0.25) is 0 Å². The highest BCUT2D eigenvalue weighted by Gasteiger charge is 2.73. The molecule has 28 heavy (non-hydrogen) atoms. The molecule has 0 saturated heterocycles. The average molecular weight is 409 g/mol. The fraction of sp³-hybridized carbons (Fsp3) is 0.278. The Morgan fingerprint density at radius 1 is 0.750 bits per heavy atom. The molecule has 2 aromatic carbocycles. The van der Waals surface area contributed by atoms with Crippen molar-refractivity contribution in [3.63, 3.8) is 0 Å². The van der Waals surface area contributed by atoms with Crippen LogP contribution in [-0.2, 0) is 5.67 Å². The normalized spacial score (nSPS) is 12.6. The number of benzene rings is 2. The largest absolute Gasteiger partial charge is 0.457 e. The van der Waals surface area contributed by atoms with Crippen molar-refractivity contribution in [3.05, 3.63) is 59.7 Å². The van der Waals surface area contributed by atoms with Gasteiger partial charge in [0.15, 0.2) is 0 Å². The van der Waals surface area contributed by atoms with Crippen LogP contribution < -0.4 is 4.74 Å². The Labute approximate surface area is 155 Å². The molecule has 0 atom stereocenters. The van der Waals surface area contributed by atoms with Gasteiger partial charge in [-0.25, -0.2) is 4.39 Å². The number of hydrogen-bond acceptors (Lipinski definition) is 2. The fourth-order valence-electron chi connectivity index (χ4n) is 2.30. The summed E-state index contributed by atoms with van der Waals surface area (Å²) in [6, 6.07) is 7.98. The molecule has 1 amide bonds. The Bertz CT molecular complexity index is 811. The molecule has 0 radical (unpaired) electrons. The molecule has 0 unspecified atom stereocenters. The highest BCUT2D eigenvalue weighted by Crippen LogP contribution is 2.53. The summed E-state index contributed by atoms with van der Waals surface area (Å²) < 4.78 is 95.7. The fourth-order valence-corrected chi connectivity index (χ4v) is 2.30. The van der Waals surface area contributed by atoms with Crippen molar-refractivity contribution < 1.29 is 40.3 Å². The Kier molecular flexibility index (Phi) is 5.63. The van der Waals surface area contributed by atoms with E-state index in [1.165, 1.54) is 29.2 Å². The molecular formula is C18H14F7NO2. The van der Waals surface area contributed by atoms with Crippen LogP contribution >= 0.6 is 0 Å². The van der Waals surface area contributed by atoms with Gasteiger partial charge >= 0.3 is 18.0 Å². The van der Waals surface area contributed by atoms with Crippen molar-refractivity contribution in [2.24, 2.45) is 0 Å². The summed E-state index contributed by atoms with van der Waals surface area (Å²) in [6.07, 6.45) is -12.4. The lowest BCUT2D eigenvalue weighted by Crippen LogP contribution is -2.50. The molecule has 0 heterocycles. The first-order valence-electron chi connectivity index (χ1n) is 7.70. The van der Waals surface area contributed by atoms with E-state index in [0.29, 0.717) is 17.7 Å². The van der Waals surface area contributed by atoms with Crippen LogP contribution in [0.25, 0.3) is 0 Å². The molecule has 0 fully saturated rings. The Balaban J connectivity index is 2.24. The maximum Gasteiger partial charge on any atom is 0.435 e. The number of carbonyl (C=O) groups is 1. The number of ether oxygens (including phenoxy) is 1. The van der Waals surface area contributed by atoms with Gasteiger partial charge in [-0.3, -0.25) is 4.79 Å². The zero-order valence-electron chi connectivity index (χ0n) is 14.5. The van der Waals surface area contributed by atoms with E-state index in [0.717, 1.165) is 12.1 Å². The number of carbonyl (C=O) groups excluding carboxylic acids is 1. The molecule has 2 rings (SSSR count). The molecule has 0 aliphatic carbocycles. The predicted molar refractivity (Wildman–Crippen MR) is 85.9 cm³/mol. The Morgan fingerprint density at radius 3 is 1.50 bits per heavy atom. The minimum atomic E-state index is -6.18. The molecule has 0 aromatic heterocycles. The van der Waals surface area contributed by atoms with Crippen molar-refractivity contribution in [1.29, 1.82) is 0 Å². The SMILES string of the molecule is CN(C)C(=O)c1ccc(Oc2ccc(C(F)(C(F)(F)F)C(F)(F)F)cc2)cc1. The molecule has 0 aliphatic heterocycles. The summed E-state index contributed by atoms with van der Waals surface area (Å²) in [6.45, 7) is 0. The van der Waals surface area contributed by atoms with Crippen LogP contribution in [0.3, 0.4) is 0 Å². The monoisotopic (exact) mass is 409 g/mol. The van der Waals surface area contributed by atoms with Crippen LogP contribution in [0, 0.1) is 0 Å². The van der Waals surface area contributed by atoms with Crippen LogP contribution in [-0.4, -0.2) is 37.3 Å². The zero-order valence-corrected chi connectivity index (χ0v) is 14.5. The summed E-state index contributed by atoms with van der Waals surface area (Å²) in [4.78, 5) is 13.1. The number of nitrogens with zero attached hydrogens (tertiary/aromatic N) is 1. The smallest absolute Gasteiger partial charge is 0.435 e. The minimum absolute atomic E-state index is 0.109. The second-order valence-electron chi connectivity index (χ2n) is 6.00. The molecule has 0 aliphatic rings. The highest BCUT2D eigenvalue weighted by molar-refractivity contribution is 5.93. The van der Waals surface area contributed by atoms with Gasteiger partial charge in [0, 0.05) is 25.2 Å². The van der Waals surface area contributed by atoms with Gasteiger partial charge in [0.2, 0.25) is 0 Å². The van der Waals surface area contributed by atoms with Gasteiger partial charge in [0.05, 0.1) is 0 Å². The molecular weight excluding hydrogens is 395 g/mol. The van der Waals surface area contributed by atoms with Crippen LogP contribution in [0.4, 0.5) is 30.7 Å². The van der Waals surface area contributed by atoms with Crippen molar-refractivity contribution in [1.82, 2.24) is 4.90 Å². The van der Waals surface area contributed by atoms with E-state index in [-0.39, 0.29) is 17.4 Å². The maximum atomic E-state index is 14.0. The number of rotatable bonds is 4. The van der Waals surface area contributed by atoms with E-state index in [1.54, 1.807) is 14.1 Å². The minimum Gasteiger partial charge on any atom is -0.457 e. The number of hydrogen-bond donors (Lipinski definition) is 0. The third-order valence-electron chi connectivity index (χ3n) is 3.78. The third-order valence-corrected chi connectivity index (χ3v) is 3.78. The summed E-state index contributed by atoms with van der Waals surface area (Å²) in [5, 5.41) is 0. The van der Waals surface area contributed by atoms with Gasteiger partial charge in [-0.2, -0.15) is 26.3 Å². The van der Waals surface area contributed by atoms with E-state index < -0.39 is 23.6 Å². The van der Waals surface area contributed by atoms with E-state index in [2.05, 4.69) is 0 Å². The van der Waals surface area contributed by atoms with Crippen LogP contribution in [0.5, 0.6) is 11.5 Å².